The summed E-state index contributed by atoms with van der Waals surface area (Å²) in [6, 6.07) is 6.22. The fourth-order valence-electron chi connectivity index (χ4n) is 2.45. The van der Waals surface area contributed by atoms with E-state index >= 15 is 0 Å². The summed E-state index contributed by atoms with van der Waals surface area (Å²) in [4.78, 5) is 20.2. The molecule has 0 unspecified atom stereocenters. The molecule has 0 radical (unpaired) electrons. The molecule has 2 aromatic rings. The molecule has 1 aliphatic rings. The van der Waals surface area contributed by atoms with Crippen molar-refractivity contribution in [2.75, 3.05) is 21.9 Å². The SMILES string of the molecule is O=C(Nc1ncccn1)c1cc(N2CCCCS2(=O)=O)ccc1Cl. The van der Waals surface area contributed by atoms with Gasteiger partial charge in [0.1, 0.15) is 0 Å². The van der Waals surface area contributed by atoms with Crippen LogP contribution >= 0.6 is 11.6 Å². The van der Waals surface area contributed by atoms with Gasteiger partial charge >= 0.3 is 0 Å². The fraction of sp³-hybridized carbons (Fsp3) is 0.267. The van der Waals surface area contributed by atoms with Crippen molar-refractivity contribution in [1.29, 1.82) is 0 Å². The number of rotatable bonds is 3. The highest BCUT2D eigenvalue weighted by Gasteiger charge is 2.27. The molecular formula is C15H15ClN4O3S. The maximum Gasteiger partial charge on any atom is 0.259 e. The number of nitrogens with zero attached hydrogens (tertiary/aromatic N) is 3. The minimum atomic E-state index is -3.36. The van der Waals surface area contributed by atoms with Crippen molar-refractivity contribution >= 4 is 39.2 Å². The Morgan fingerprint density at radius 2 is 1.96 bits per heavy atom. The highest BCUT2D eigenvalue weighted by molar-refractivity contribution is 7.92. The molecule has 0 saturated carbocycles. The monoisotopic (exact) mass is 366 g/mol. The predicted octanol–water partition coefficient (Wildman–Crippen LogP) is 2.31. The Balaban J connectivity index is 1.90. The van der Waals surface area contributed by atoms with E-state index in [0.29, 0.717) is 18.7 Å². The summed E-state index contributed by atoms with van der Waals surface area (Å²) in [6.45, 7) is 0.396. The van der Waals surface area contributed by atoms with Gasteiger partial charge in [-0.25, -0.2) is 18.4 Å². The molecule has 0 bridgehead atoms. The zero-order chi connectivity index (χ0) is 17.2. The minimum Gasteiger partial charge on any atom is -0.290 e. The molecule has 7 nitrogen and oxygen atoms in total. The van der Waals surface area contributed by atoms with Gasteiger partial charge in [0.25, 0.3) is 5.91 Å². The van der Waals surface area contributed by atoms with Crippen molar-refractivity contribution in [3.05, 3.63) is 47.2 Å². The molecule has 1 amide bonds. The van der Waals surface area contributed by atoms with Gasteiger partial charge in [0, 0.05) is 18.9 Å². The van der Waals surface area contributed by atoms with E-state index in [1.165, 1.54) is 28.8 Å². The number of halogens is 1. The van der Waals surface area contributed by atoms with Gasteiger partial charge in [0.15, 0.2) is 0 Å². The molecule has 0 spiro atoms. The van der Waals surface area contributed by atoms with Gasteiger partial charge < -0.3 is 0 Å². The highest BCUT2D eigenvalue weighted by Crippen LogP contribution is 2.28. The van der Waals surface area contributed by atoms with Gasteiger partial charge in [-0.15, -0.1) is 0 Å². The molecule has 1 aromatic carbocycles. The van der Waals surface area contributed by atoms with E-state index in [1.54, 1.807) is 12.1 Å². The van der Waals surface area contributed by atoms with Crippen LogP contribution in [0.3, 0.4) is 0 Å². The molecule has 1 aliphatic heterocycles. The van der Waals surface area contributed by atoms with E-state index in [4.69, 9.17) is 11.6 Å². The van der Waals surface area contributed by atoms with Crippen LogP contribution < -0.4 is 9.62 Å². The second kappa shape index (κ2) is 6.74. The molecule has 3 rings (SSSR count). The Morgan fingerprint density at radius 1 is 1.21 bits per heavy atom. The zero-order valence-corrected chi connectivity index (χ0v) is 14.2. The van der Waals surface area contributed by atoms with Gasteiger partial charge in [-0.2, -0.15) is 0 Å². The standard InChI is InChI=1S/C15H15ClN4O3S/c16-13-5-4-11(20-8-1-2-9-24(20,22)23)10-12(13)14(21)19-15-17-6-3-7-18-15/h3-7,10H,1-2,8-9H2,(H,17,18,19,21). The molecule has 1 saturated heterocycles. The Bertz CT molecular complexity index is 858. The van der Waals surface area contributed by atoms with E-state index in [-0.39, 0.29) is 22.3 Å². The van der Waals surface area contributed by atoms with Crippen LogP contribution in [-0.4, -0.2) is 36.6 Å². The predicted molar refractivity (Wildman–Crippen MR) is 91.8 cm³/mol. The molecule has 0 aliphatic carbocycles. The quantitative estimate of drug-likeness (QED) is 0.899. The van der Waals surface area contributed by atoms with Crippen molar-refractivity contribution < 1.29 is 13.2 Å². The van der Waals surface area contributed by atoms with Crippen LogP contribution in [0, 0.1) is 0 Å². The molecule has 2 heterocycles. The molecule has 0 atom stereocenters. The average Bonchev–Trinajstić information content (AvgIpc) is 2.56. The number of hydrogen-bond donors (Lipinski definition) is 1. The summed E-state index contributed by atoms with van der Waals surface area (Å²) in [5.41, 5.74) is 0.598. The summed E-state index contributed by atoms with van der Waals surface area (Å²) in [7, 11) is -3.36. The van der Waals surface area contributed by atoms with Gasteiger partial charge in [-0.3, -0.25) is 14.4 Å². The lowest BCUT2D eigenvalue weighted by Crippen LogP contribution is -2.38. The third-order valence-electron chi connectivity index (χ3n) is 3.62. The third kappa shape index (κ3) is 3.49. The highest BCUT2D eigenvalue weighted by atomic mass is 35.5. The van der Waals surface area contributed by atoms with Crippen molar-refractivity contribution in [3.63, 3.8) is 0 Å². The van der Waals surface area contributed by atoms with Crippen LogP contribution in [0.2, 0.25) is 5.02 Å². The number of amides is 1. The Kier molecular flexibility index (Phi) is 4.68. The summed E-state index contributed by atoms with van der Waals surface area (Å²) in [5, 5.41) is 2.76. The number of sulfonamides is 1. The minimum absolute atomic E-state index is 0.106. The first-order chi connectivity index (χ1) is 11.5. The van der Waals surface area contributed by atoms with Crippen LogP contribution in [0.5, 0.6) is 0 Å². The van der Waals surface area contributed by atoms with Crippen LogP contribution in [0.4, 0.5) is 11.6 Å². The van der Waals surface area contributed by atoms with Crippen molar-refractivity contribution in [2.45, 2.75) is 12.8 Å². The topological polar surface area (TPSA) is 92.3 Å². The first-order valence-corrected chi connectivity index (χ1v) is 9.34. The first kappa shape index (κ1) is 16.7. The molecule has 9 heteroatoms. The number of aromatic nitrogens is 2. The number of carbonyl (C=O) groups is 1. The van der Waals surface area contributed by atoms with Gasteiger partial charge in [-0.1, -0.05) is 11.6 Å². The maximum absolute atomic E-state index is 12.4. The number of carbonyl (C=O) groups excluding carboxylic acids is 1. The van der Waals surface area contributed by atoms with Gasteiger partial charge in [0.2, 0.25) is 16.0 Å². The van der Waals surface area contributed by atoms with Crippen molar-refractivity contribution in [2.24, 2.45) is 0 Å². The first-order valence-electron chi connectivity index (χ1n) is 7.36. The molecule has 1 fully saturated rings. The molecule has 1 N–H and O–H groups in total. The van der Waals surface area contributed by atoms with Gasteiger partial charge in [-0.05, 0) is 37.1 Å². The van der Waals surface area contributed by atoms with E-state index < -0.39 is 15.9 Å². The smallest absolute Gasteiger partial charge is 0.259 e. The third-order valence-corrected chi connectivity index (χ3v) is 5.82. The number of anilines is 2. The summed E-state index contributed by atoms with van der Waals surface area (Å²) in [5.74, 6) is -0.244. The van der Waals surface area contributed by atoms with Crippen molar-refractivity contribution in [3.8, 4) is 0 Å². The lowest BCUT2D eigenvalue weighted by Gasteiger charge is -2.28. The van der Waals surface area contributed by atoms with Crippen LogP contribution in [0.25, 0.3) is 0 Å². The van der Waals surface area contributed by atoms with Crippen LogP contribution in [0.1, 0.15) is 23.2 Å². The van der Waals surface area contributed by atoms with E-state index in [1.807, 2.05) is 0 Å². The summed E-state index contributed by atoms with van der Waals surface area (Å²) in [6.07, 6.45) is 4.42. The molecular weight excluding hydrogens is 352 g/mol. The average molecular weight is 367 g/mol. The largest absolute Gasteiger partial charge is 0.290 e. The van der Waals surface area contributed by atoms with Crippen molar-refractivity contribution in [1.82, 2.24) is 9.97 Å². The Hall–Kier alpha value is -2.19. The lowest BCUT2D eigenvalue weighted by atomic mass is 10.2. The van der Waals surface area contributed by atoms with Crippen LogP contribution in [0.15, 0.2) is 36.7 Å². The van der Waals surface area contributed by atoms with E-state index in [9.17, 15) is 13.2 Å². The zero-order valence-electron chi connectivity index (χ0n) is 12.6. The molecule has 24 heavy (non-hydrogen) atoms. The number of benzene rings is 1. The normalized spacial score (nSPS) is 16.6. The van der Waals surface area contributed by atoms with Gasteiger partial charge in [0.05, 0.1) is 22.0 Å². The number of hydrogen-bond acceptors (Lipinski definition) is 5. The number of nitrogens with one attached hydrogen (secondary N) is 1. The summed E-state index contributed by atoms with van der Waals surface area (Å²) < 4.78 is 25.7. The Morgan fingerprint density at radius 3 is 2.67 bits per heavy atom. The fourth-order valence-corrected chi connectivity index (χ4v) is 4.29. The van der Waals surface area contributed by atoms with E-state index in [2.05, 4.69) is 15.3 Å². The van der Waals surface area contributed by atoms with E-state index in [0.717, 1.165) is 6.42 Å². The summed E-state index contributed by atoms with van der Waals surface area (Å²) >= 11 is 6.10. The molecule has 126 valence electrons. The van der Waals surface area contributed by atoms with Crippen LogP contribution in [-0.2, 0) is 10.0 Å². The lowest BCUT2D eigenvalue weighted by molar-refractivity contribution is 0.102. The molecule has 1 aromatic heterocycles. The second-order valence-electron chi connectivity index (χ2n) is 5.29. The second-order valence-corrected chi connectivity index (χ2v) is 7.71. The maximum atomic E-state index is 12.4. The Labute approximate surface area is 144 Å².